The van der Waals surface area contributed by atoms with E-state index in [1.807, 2.05) is 0 Å². The van der Waals surface area contributed by atoms with Gasteiger partial charge in [0.25, 0.3) is 0 Å². The van der Waals surface area contributed by atoms with E-state index < -0.39 is 27.9 Å². The highest BCUT2D eigenvalue weighted by Gasteiger charge is 2.30. The monoisotopic (exact) mass is 297 g/mol. The van der Waals surface area contributed by atoms with Crippen molar-refractivity contribution >= 4 is 10.0 Å². The molecule has 0 spiro atoms. The van der Waals surface area contributed by atoms with E-state index in [1.54, 1.807) is 0 Å². The third-order valence-electron chi connectivity index (χ3n) is 2.48. The lowest BCUT2D eigenvalue weighted by atomic mass is 10.1. The minimum absolute atomic E-state index is 0.00799. The molecule has 1 aromatic carbocycles. The van der Waals surface area contributed by atoms with E-state index in [2.05, 4.69) is 4.72 Å². The Hall–Kier alpha value is -1.12. The molecule has 0 radical (unpaired) electrons. The second-order valence-electron chi connectivity index (χ2n) is 3.89. The maximum absolute atomic E-state index is 12.5. The van der Waals surface area contributed by atoms with Crippen molar-refractivity contribution in [1.82, 2.24) is 4.72 Å². The van der Waals surface area contributed by atoms with E-state index in [0.717, 1.165) is 18.2 Å². The Balaban J connectivity index is 2.81. The predicted octanol–water partition coefficient (Wildman–Crippen LogP) is 1.68. The van der Waals surface area contributed by atoms with E-state index in [-0.39, 0.29) is 17.9 Å². The number of benzene rings is 1. The third kappa shape index (κ3) is 4.81. The van der Waals surface area contributed by atoms with Gasteiger partial charge >= 0.3 is 6.18 Å². The van der Waals surface area contributed by atoms with Crippen molar-refractivity contribution in [2.75, 3.05) is 12.3 Å². The van der Waals surface area contributed by atoms with Crippen molar-refractivity contribution in [2.45, 2.75) is 19.2 Å². The molecular weight excluding hydrogens is 283 g/mol. The van der Waals surface area contributed by atoms with Crippen LogP contribution in [0.2, 0.25) is 0 Å². The maximum atomic E-state index is 12.5. The molecule has 0 aliphatic carbocycles. The highest BCUT2D eigenvalue weighted by Crippen LogP contribution is 2.30. The number of nitrogens with one attached hydrogen (secondary N) is 1. The van der Waals surface area contributed by atoms with Gasteiger partial charge in [0.1, 0.15) is 0 Å². The third-order valence-corrected chi connectivity index (χ3v) is 3.84. The number of aliphatic hydroxyl groups is 1. The number of alkyl halides is 3. The molecule has 4 nitrogen and oxygen atoms in total. The Morgan fingerprint density at radius 2 is 2.00 bits per heavy atom. The molecule has 1 atom stereocenters. The SMILES string of the molecule is CCS(=O)(=O)NCC(O)c1cccc(C(F)(F)F)c1. The van der Waals surface area contributed by atoms with Gasteiger partial charge in [-0.15, -0.1) is 0 Å². The molecule has 0 bridgehead atoms. The summed E-state index contributed by atoms with van der Waals surface area (Å²) >= 11 is 0. The van der Waals surface area contributed by atoms with Crippen LogP contribution in [-0.4, -0.2) is 25.8 Å². The first-order chi connectivity index (χ1) is 8.65. The van der Waals surface area contributed by atoms with Gasteiger partial charge in [0.15, 0.2) is 0 Å². The second kappa shape index (κ2) is 5.89. The fraction of sp³-hybridized carbons (Fsp3) is 0.455. The Bertz CT molecular complexity index is 528. The van der Waals surface area contributed by atoms with Crippen LogP contribution >= 0.6 is 0 Å². The summed E-state index contributed by atoms with van der Waals surface area (Å²) in [6.45, 7) is 1.05. The van der Waals surface area contributed by atoms with Crippen molar-refractivity contribution in [3.8, 4) is 0 Å². The van der Waals surface area contributed by atoms with Gasteiger partial charge in [-0.25, -0.2) is 13.1 Å². The first kappa shape index (κ1) is 15.9. The van der Waals surface area contributed by atoms with E-state index >= 15 is 0 Å². The highest BCUT2D eigenvalue weighted by atomic mass is 32.2. The van der Waals surface area contributed by atoms with Crippen LogP contribution in [0.4, 0.5) is 13.2 Å². The van der Waals surface area contributed by atoms with Crippen LogP contribution in [0.3, 0.4) is 0 Å². The first-order valence-corrected chi connectivity index (χ1v) is 7.13. The molecule has 0 saturated carbocycles. The summed E-state index contributed by atoms with van der Waals surface area (Å²) in [6, 6.07) is 4.15. The van der Waals surface area contributed by atoms with Gasteiger partial charge in [-0.2, -0.15) is 13.2 Å². The fourth-order valence-electron chi connectivity index (χ4n) is 1.35. The summed E-state index contributed by atoms with van der Waals surface area (Å²) in [6.07, 6.45) is -5.83. The predicted molar refractivity (Wildman–Crippen MR) is 63.9 cm³/mol. The van der Waals surface area contributed by atoms with Crippen LogP contribution in [0.1, 0.15) is 24.2 Å². The maximum Gasteiger partial charge on any atom is 0.416 e. The van der Waals surface area contributed by atoms with Crippen LogP contribution in [0.5, 0.6) is 0 Å². The normalized spacial score (nSPS) is 14.4. The minimum atomic E-state index is -4.50. The molecule has 0 heterocycles. The average Bonchev–Trinajstić information content (AvgIpc) is 2.35. The molecule has 2 N–H and O–H groups in total. The summed E-state index contributed by atoms with van der Waals surface area (Å²) in [5, 5.41) is 9.68. The molecule has 0 amide bonds. The lowest BCUT2D eigenvalue weighted by molar-refractivity contribution is -0.137. The molecule has 19 heavy (non-hydrogen) atoms. The zero-order valence-corrected chi connectivity index (χ0v) is 10.9. The van der Waals surface area contributed by atoms with Crippen LogP contribution in [-0.2, 0) is 16.2 Å². The fourth-order valence-corrected chi connectivity index (χ4v) is 1.96. The van der Waals surface area contributed by atoms with Gasteiger partial charge in [0.05, 0.1) is 17.4 Å². The average molecular weight is 297 g/mol. The largest absolute Gasteiger partial charge is 0.416 e. The molecular formula is C11H14F3NO3S. The van der Waals surface area contributed by atoms with Crippen molar-refractivity contribution in [3.05, 3.63) is 35.4 Å². The first-order valence-electron chi connectivity index (χ1n) is 5.48. The summed E-state index contributed by atoms with van der Waals surface area (Å²) < 4.78 is 61.8. The molecule has 8 heteroatoms. The topological polar surface area (TPSA) is 66.4 Å². The zero-order chi connectivity index (χ0) is 14.7. The second-order valence-corrected chi connectivity index (χ2v) is 5.99. The molecule has 0 fully saturated rings. The quantitative estimate of drug-likeness (QED) is 0.869. The van der Waals surface area contributed by atoms with Crippen molar-refractivity contribution in [1.29, 1.82) is 0 Å². The van der Waals surface area contributed by atoms with Gasteiger partial charge < -0.3 is 5.11 Å². The van der Waals surface area contributed by atoms with Gasteiger partial charge in [0.2, 0.25) is 10.0 Å². The molecule has 0 aromatic heterocycles. The molecule has 1 unspecified atom stereocenters. The number of halogens is 3. The number of hydrogen-bond acceptors (Lipinski definition) is 3. The van der Waals surface area contributed by atoms with Crippen LogP contribution in [0.25, 0.3) is 0 Å². The lowest BCUT2D eigenvalue weighted by Crippen LogP contribution is -2.29. The summed E-state index contributed by atoms with van der Waals surface area (Å²) in [4.78, 5) is 0. The van der Waals surface area contributed by atoms with E-state index in [9.17, 15) is 26.7 Å². The van der Waals surface area contributed by atoms with E-state index in [4.69, 9.17) is 0 Å². The van der Waals surface area contributed by atoms with Crippen molar-refractivity contribution in [2.24, 2.45) is 0 Å². The Labute approximate surface area is 109 Å². The van der Waals surface area contributed by atoms with Gasteiger partial charge in [-0.05, 0) is 24.6 Å². The standard InChI is InChI=1S/C11H14F3NO3S/c1-2-19(17,18)15-7-10(16)8-4-3-5-9(6-8)11(12,13)14/h3-6,10,15-16H,2,7H2,1H3. The summed E-state index contributed by atoms with van der Waals surface area (Å²) in [5.74, 6) is -0.164. The van der Waals surface area contributed by atoms with Crippen LogP contribution in [0, 0.1) is 0 Å². The summed E-state index contributed by atoms with van der Waals surface area (Å²) in [5.41, 5.74) is -0.879. The van der Waals surface area contributed by atoms with Crippen molar-refractivity contribution < 1.29 is 26.7 Å². The van der Waals surface area contributed by atoms with E-state index in [0.29, 0.717) is 0 Å². The van der Waals surface area contributed by atoms with Gasteiger partial charge in [0, 0.05) is 6.54 Å². The van der Waals surface area contributed by atoms with Crippen molar-refractivity contribution in [3.63, 3.8) is 0 Å². The molecule has 1 rings (SSSR count). The number of hydrogen-bond donors (Lipinski definition) is 2. The van der Waals surface area contributed by atoms with E-state index in [1.165, 1.54) is 13.0 Å². The zero-order valence-electron chi connectivity index (χ0n) is 10.1. The highest BCUT2D eigenvalue weighted by molar-refractivity contribution is 7.89. The number of sulfonamides is 1. The molecule has 108 valence electrons. The molecule has 0 aliphatic rings. The van der Waals surface area contributed by atoms with Gasteiger partial charge in [-0.1, -0.05) is 12.1 Å². The molecule has 0 saturated heterocycles. The Kier molecular flexibility index (Phi) is 4.94. The van der Waals surface area contributed by atoms with Crippen LogP contribution in [0.15, 0.2) is 24.3 Å². The Morgan fingerprint density at radius 3 is 2.53 bits per heavy atom. The smallest absolute Gasteiger partial charge is 0.387 e. The molecule has 1 aromatic rings. The van der Waals surface area contributed by atoms with Crippen LogP contribution < -0.4 is 4.72 Å². The number of aliphatic hydroxyl groups excluding tert-OH is 1. The van der Waals surface area contributed by atoms with Gasteiger partial charge in [-0.3, -0.25) is 0 Å². The minimum Gasteiger partial charge on any atom is -0.387 e. The Morgan fingerprint density at radius 1 is 1.37 bits per heavy atom. The number of rotatable bonds is 5. The molecule has 0 aliphatic heterocycles. The summed E-state index contributed by atoms with van der Waals surface area (Å²) in [7, 11) is -3.49. The lowest BCUT2D eigenvalue weighted by Gasteiger charge is -2.14.